The Labute approximate surface area is 59.5 Å². The number of nitrogens with two attached hydrogens (primary N) is 1. The summed E-state index contributed by atoms with van der Waals surface area (Å²) in [7, 11) is 0. The van der Waals surface area contributed by atoms with Crippen LogP contribution in [0, 0.1) is 0 Å². The molecule has 0 amide bonds. The minimum absolute atomic E-state index is 0.279. The summed E-state index contributed by atoms with van der Waals surface area (Å²) in [5.41, 5.74) is -0.285. The maximum Gasteiger partial charge on any atom is 0.111 e. The minimum Gasteiger partial charge on any atom is -0.390 e. The molecule has 1 spiro atoms. The Morgan fingerprint density at radius 3 is 2.80 bits per heavy atom. The molecule has 10 heavy (non-hydrogen) atoms. The zero-order valence-electron chi connectivity index (χ0n) is 5.79. The van der Waals surface area contributed by atoms with Gasteiger partial charge < -0.3 is 9.84 Å². The molecule has 4 heteroatoms. The van der Waals surface area contributed by atoms with Gasteiger partial charge in [0.05, 0.1) is 12.7 Å². The summed E-state index contributed by atoms with van der Waals surface area (Å²) in [5.74, 6) is 5.55. The largest absolute Gasteiger partial charge is 0.390 e. The maximum atomic E-state index is 9.15. The number of aliphatic hydroxyl groups excluding tert-OH is 1. The lowest BCUT2D eigenvalue weighted by Crippen LogP contribution is -2.49. The molecule has 0 aromatic carbocycles. The molecule has 4 nitrogen and oxygen atoms in total. The van der Waals surface area contributed by atoms with Crippen LogP contribution in [-0.2, 0) is 4.74 Å². The highest BCUT2D eigenvalue weighted by Gasteiger charge is 2.57. The maximum absolute atomic E-state index is 9.15. The zero-order valence-corrected chi connectivity index (χ0v) is 5.79. The topological polar surface area (TPSA) is 58.7 Å². The molecule has 1 saturated heterocycles. The van der Waals surface area contributed by atoms with Crippen molar-refractivity contribution in [2.75, 3.05) is 19.7 Å². The van der Waals surface area contributed by atoms with Crippen LogP contribution in [0.1, 0.15) is 6.42 Å². The van der Waals surface area contributed by atoms with Crippen LogP contribution in [0.2, 0.25) is 0 Å². The molecular formula is C6H12N2O2. The van der Waals surface area contributed by atoms with E-state index >= 15 is 0 Å². The SMILES string of the molecule is NN1CCOC2(C[C@H]2O)C1. The van der Waals surface area contributed by atoms with E-state index in [0.717, 1.165) is 13.0 Å². The lowest BCUT2D eigenvalue weighted by atomic mass is 10.3. The van der Waals surface area contributed by atoms with Crippen molar-refractivity contribution < 1.29 is 9.84 Å². The van der Waals surface area contributed by atoms with Gasteiger partial charge in [-0.25, -0.2) is 5.01 Å². The summed E-state index contributed by atoms with van der Waals surface area (Å²) in [4.78, 5) is 0. The number of morpholine rings is 1. The molecule has 2 aliphatic rings. The van der Waals surface area contributed by atoms with E-state index in [1.54, 1.807) is 5.01 Å². The van der Waals surface area contributed by atoms with Crippen molar-refractivity contribution in [2.45, 2.75) is 18.1 Å². The van der Waals surface area contributed by atoms with E-state index in [-0.39, 0.29) is 11.7 Å². The van der Waals surface area contributed by atoms with Crippen LogP contribution >= 0.6 is 0 Å². The van der Waals surface area contributed by atoms with Crippen LogP contribution in [0.3, 0.4) is 0 Å². The van der Waals surface area contributed by atoms with E-state index in [4.69, 9.17) is 15.7 Å². The highest BCUT2D eigenvalue weighted by atomic mass is 16.5. The van der Waals surface area contributed by atoms with E-state index in [9.17, 15) is 0 Å². The van der Waals surface area contributed by atoms with Gasteiger partial charge in [-0.2, -0.15) is 0 Å². The molecule has 2 rings (SSSR count). The molecule has 1 unspecified atom stereocenters. The molecule has 1 aliphatic heterocycles. The predicted octanol–water partition coefficient (Wildman–Crippen LogP) is -1.30. The highest BCUT2D eigenvalue weighted by molar-refractivity contribution is 5.08. The monoisotopic (exact) mass is 144 g/mol. The lowest BCUT2D eigenvalue weighted by Gasteiger charge is -2.29. The summed E-state index contributed by atoms with van der Waals surface area (Å²) >= 11 is 0. The Balaban J connectivity index is 1.99. The molecule has 58 valence electrons. The molecule has 1 saturated carbocycles. The predicted molar refractivity (Wildman–Crippen MR) is 35.1 cm³/mol. The quantitative estimate of drug-likeness (QED) is 0.415. The number of hydrogen-bond donors (Lipinski definition) is 2. The molecule has 0 aromatic rings. The van der Waals surface area contributed by atoms with E-state index in [1.165, 1.54) is 0 Å². The van der Waals surface area contributed by atoms with Gasteiger partial charge in [0.2, 0.25) is 0 Å². The van der Waals surface area contributed by atoms with Crippen LogP contribution < -0.4 is 5.84 Å². The fraction of sp³-hybridized carbons (Fsp3) is 1.00. The van der Waals surface area contributed by atoms with Crippen molar-refractivity contribution in [3.05, 3.63) is 0 Å². The van der Waals surface area contributed by atoms with Gasteiger partial charge in [-0.15, -0.1) is 0 Å². The summed E-state index contributed by atoms with van der Waals surface area (Å²) in [6.07, 6.45) is 0.472. The van der Waals surface area contributed by atoms with Gasteiger partial charge in [-0.3, -0.25) is 5.84 Å². The summed E-state index contributed by atoms with van der Waals surface area (Å²) in [6, 6.07) is 0. The molecule has 2 atom stereocenters. The van der Waals surface area contributed by atoms with Crippen molar-refractivity contribution in [3.8, 4) is 0 Å². The van der Waals surface area contributed by atoms with Gasteiger partial charge in [0.15, 0.2) is 0 Å². The normalized spacial score (nSPS) is 48.0. The third kappa shape index (κ3) is 0.845. The van der Waals surface area contributed by atoms with Gasteiger partial charge in [-0.1, -0.05) is 0 Å². The number of hydrogen-bond acceptors (Lipinski definition) is 4. The number of aliphatic hydroxyl groups is 1. The average Bonchev–Trinajstić information content (AvgIpc) is 2.41. The fourth-order valence-corrected chi connectivity index (χ4v) is 1.43. The lowest BCUT2D eigenvalue weighted by molar-refractivity contribution is -0.0678. The first-order chi connectivity index (χ1) is 4.73. The second kappa shape index (κ2) is 1.92. The van der Waals surface area contributed by atoms with Crippen LogP contribution in [0.15, 0.2) is 0 Å². The number of rotatable bonds is 0. The van der Waals surface area contributed by atoms with Crippen molar-refractivity contribution in [1.82, 2.24) is 5.01 Å². The first-order valence-corrected chi connectivity index (χ1v) is 3.55. The Morgan fingerprint density at radius 1 is 1.70 bits per heavy atom. The third-order valence-electron chi connectivity index (χ3n) is 2.22. The van der Waals surface area contributed by atoms with Gasteiger partial charge in [0.1, 0.15) is 5.60 Å². The van der Waals surface area contributed by atoms with Crippen molar-refractivity contribution in [1.29, 1.82) is 0 Å². The van der Waals surface area contributed by atoms with E-state index in [1.807, 2.05) is 0 Å². The van der Waals surface area contributed by atoms with Crippen molar-refractivity contribution in [3.63, 3.8) is 0 Å². The Kier molecular flexibility index (Phi) is 1.25. The van der Waals surface area contributed by atoms with E-state index in [2.05, 4.69) is 0 Å². The molecule has 0 radical (unpaired) electrons. The molecule has 2 fully saturated rings. The third-order valence-corrected chi connectivity index (χ3v) is 2.22. The van der Waals surface area contributed by atoms with E-state index < -0.39 is 0 Å². The van der Waals surface area contributed by atoms with Crippen LogP contribution in [0.5, 0.6) is 0 Å². The standard InChI is InChI=1S/C6H12N2O2/c7-8-1-2-10-6(4-8)3-5(6)9/h5,9H,1-4,7H2/t5-,6?/m1/s1. The number of nitrogens with zero attached hydrogens (tertiary/aromatic N) is 1. The molecule has 3 N–H and O–H groups in total. The Morgan fingerprint density at radius 2 is 2.40 bits per heavy atom. The molecular weight excluding hydrogens is 132 g/mol. The van der Waals surface area contributed by atoms with Crippen LogP contribution in [0.4, 0.5) is 0 Å². The van der Waals surface area contributed by atoms with Gasteiger partial charge in [0.25, 0.3) is 0 Å². The Bertz CT molecular complexity index is 153. The highest BCUT2D eigenvalue weighted by Crippen LogP contribution is 2.41. The van der Waals surface area contributed by atoms with E-state index in [0.29, 0.717) is 13.2 Å². The number of ether oxygens (including phenoxy) is 1. The average molecular weight is 144 g/mol. The Hall–Kier alpha value is -0.160. The second-order valence-electron chi connectivity index (χ2n) is 3.10. The smallest absolute Gasteiger partial charge is 0.111 e. The van der Waals surface area contributed by atoms with Crippen LogP contribution in [0.25, 0.3) is 0 Å². The van der Waals surface area contributed by atoms with Gasteiger partial charge in [-0.05, 0) is 0 Å². The second-order valence-corrected chi connectivity index (χ2v) is 3.10. The van der Waals surface area contributed by atoms with Gasteiger partial charge in [0, 0.05) is 19.5 Å². The van der Waals surface area contributed by atoms with Crippen molar-refractivity contribution >= 4 is 0 Å². The summed E-state index contributed by atoms with van der Waals surface area (Å²) in [6.45, 7) is 2.09. The summed E-state index contributed by atoms with van der Waals surface area (Å²) < 4.78 is 5.39. The minimum atomic E-state index is -0.285. The molecule has 1 heterocycles. The fourth-order valence-electron chi connectivity index (χ4n) is 1.43. The first kappa shape index (κ1) is 6.54. The molecule has 0 bridgehead atoms. The molecule has 0 aromatic heterocycles. The zero-order chi connectivity index (χ0) is 7.19. The summed E-state index contributed by atoms with van der Waals surface area (Å²) in [5, 5.41) is 10.9. The first-order valence-electron chi connectivity index (χ1n) is 3.55. The number of hydrazine groups is 1. The van der Waals surface area contributed by atoms with Crippen molar-refractivity contribution in [2.24, 2.45) is 5.84 Å². The van der Waals surface area contributed by atoms with Crippen LogP contribution in [-0.4, -0.2) is 41.5 Å². The molecule has 1 aliphatic carbocycles. The van der Waals surface area contributed by atoms with Gasteiger partial charge >= 0.3 is 0 Å².